The molecule has 0 aromatic carbocycles. The van der Waals surface area contributed by atoms with Crippen LogP contribution in [0.5, 0.6) is 0 Å². The Morgan fingerprint density at radius 3 is 2.08 bits per heavy atom. The lowest BCUT2D eigenvalue weighted by atomic mass is 9.54. The van der Waals surface area contributed by atoms with Crippen LogP contribution in [0, 0.1) is 11.8 Å². The molecule has 4 rings (SSSR count). The molecule has 0 aliphatic heterocycles. The van der Waals surface area contributed by atoms with E-state index >= 15 is 0 Å². The van der Waals surface area contributed by atoms with Gasteiger partial charge in [-0.2, -0.15) is 0 Å². The monoisotopic (exact) mass is 186 g/mol. The van der Waals surface area contributed by atoms with E-state index in [1.807, 2.05) is 0 Å². The van der Waals surface area contributed by atoms with Crippen molar-refractivity contribution in [1.82, 2.24) is 0 Å². The number of aliphatic hydroxyl groups is 1. The first-order valence-corrected chi connectivity index (χ1v) is 5.36. The molecule has 4 aliphatic carbocycles. The average molecular weight is 187 g/mol. The first-order chi connectivity index (χ1) is 5.57. The number of hydrogen-bond donors (Lipinski definition) is 1. The van der Waals surface area contributed by atoms with Crippen molar-refractivity contribution in [3.8, 4) is 0 Å². The van der Waals surface area contributed by atoms with Crippen LogP contribution in [0.1, 0.15) is 38.5 Å². The van der Waals surface area contributed by atoms with Crippen LogP contribution >= 0.6 is 11.6 Å². The summed E-state index contributed by atoms with van der Waals surface area (Å²) in [6, 6.07) is 0. The fourth-order valence-corrected chi connectivity index (χ4v) is 4.79. The molecule has 0 radical (unpaired) electrons. The van der Waals surface area contributed by atoms with Crippen molar-refractivity contribution >= 4 is 11.6 Å². The summed E-state index contributed by atoms with van der Waals surface area (Å²) < 4.78 is 0. The van der Waals surface area contributed by atoms with Gasteiger partial charge in [0.25, 0.3) is 0 Å². The lowest BCUT2D eigenvalue weighted by molar-refractivity contribution is -0.115. The molecule has 0 heterocycles. The minimum Gasteiger partial charge on any atom is -0.390 e. The van der Waals surface area contributed by atoms with Gasteiger partial charge in [0, 0.05) is 4.87 Å². The molecule has 68 valence electrons. The van der Waals surface area contributed by atoms with Gasteiger partial charge in [-0.05, 0) is 50.4 Å². The van der Waals surface area contributed by atoms with Crippen LogP contribution in [-0.4, -0.2) is 15.6 Å². The molecule has 12 heavy (non-hydrogen) atoms. The molecule has 0 aromatic heterocycles. The predicted octanol–water partition coefficient (Wildman–Crippen LogP) is 2.31. The molecule has 4 saturated carbocycles. The summed E-state index contributed by atoms with van der Waals surface area (Å²) in [4.78, 5) is -0.0150. The van der Waals surface area contributed by atoms with Crippen molar-refractivity contribution in [2.24, 2.45) is 11.8 Å². The number of alkyl halides is 1. The molecule has 0 amide bonds. The zero-order valence-corrected chi connectivity index (χ0v) is 7.98. The van der Waals surface area contributed by atoms with Gasteiger partial charge in [0.15, 0.2) is 0 Å². The summed E-state index contributed by atoms with van der Waals surface area (Å²) in [7, 11) is 0. The molecule has 4 fully saturated rings. The summed E-state index contributed by atoms with van der Waals surface area (Å²) in [5.41, 5.74) is -0.369. The molecular formula is C10H15ClO. The molecular weight excluding hydrogens is 172 g/mol. The Bertz CT molecular complexity index is 192. The molecule has 0 aromatic rings. The van der Waals surface area contributed by atoms with Gasteiger partial charge < -0.3 is 5.11 Å². The van der Waals surface area contributed by atoms with E-state index in [0.29, 0.717) is 0 Å². The van der Waals surface area contributed by atoms with E-state index in [2.05, 4.69) is 0 Å². The zero-order valence-electron chi connectivity index (χ0n) is 7.22. The number of halogens is 1. The van der Waals surface area contributed by atoms with Crippen molar-refractivity contribution in [3.05, 3.63) is 0 Å². The summed E-state index contributed by atoms with van der Waals surface area (Å²) in [6.45, 7) is 0. The van der Waals surface area contributed by atoms with Crippen LogP contribution in [0.4, 0.5) is 0 Å². The van der Waals surface area contributed by atoms with Crippen LogP contribution in [0.2, 0.25) is 0 Å². The van der Waals surface area contributed by atoms with Crippen LogP contribution in [-0.2, 0) is 0 Å². The summed E-state index contributed by atoms with van der Waals surface area (Å²) >= 11 is 6.46. The highest BCUT2D eigenvalue weighted by atomic mass is 35.5. The van der Waals surface area contributed by atoms with E-state index in [9.17, 15) is 5.11 Å². The third-order valence-corrected chi connectivity index (χ3v) is 4.40. The zero-order chi connectivity index (χ0) is 8.40. The third kappa shape index (κ3) is 0.958. The summed E-state index contributed by atoms with van der Waals surface area (Å²) in [5.74, 6) is 1.46. The third-order valence-electron chi connectivity index (χ3n) is 3.96. The van der Waals surface area contributed by atoms with Gasteiger partial charge in [0.2, 0.25) is 0 Å². The van der Waals surface area contributed by atoms with Crippen LogP contribution in [0.15, 0.2) is 0 Å². The van der Waals surface area contributed by atoms with Gasteiger partial charge in [-0.25, -0.2) is 0 Å². The van der Waals surface area contributed by atoms with Gasteiger partial charge in [0.1, 0.15) is 0 Å². The Kier molecular flexibility index (Phi) is 1.28. The molecule has 1 nitrogen and oxygen atoms in total. The maximum Gasteiger partial charge on any atom is 0.0669 e. The normalized spacial score (nSPS) is 62.5. The maximum atomic E-state index is 10.2. The van der Waals surface area contributed by atoms with Crippen molar-refractivity contribution in [2.45, 2.75) is 49.0 Å². The van der Waals surface area contributed by atoms with Crippen molar-refractivity contribution in [3.63, 3.8) is 0 Å². The van der Waals surface area contributed by atoms with Crippen molar-refractivity contribution in [1.29, 1.82) is 0 Å². The topological polar surface area (TPSA) is 20.2 Å². The molecule has 2 atom stereocenters. The summed E-state index contributed by atoms with van der Waals surface area (Å²) in [5, 5.41) is 10.2. The molecule has 1 N–H and O–H groups in total. The number of hydrogen-bond acceptors (Lipinski definition) is 1. The standard InChI is InChI=1S/C10H15ClO/c11-9-2-7-1-8(3-9)5-10(12,4-7)6-9/h7-8,12H,1-6H2/t7-,8-,9?,10?/m1/s1. The highest BCUT2D eigenvalue weighted by Crippen LogP contribution is 2.59. The minimum atomic E-state index is -0.369. The van der Waals surface area contributed by atoms with Crippen LogP contribution < -0.4 is 0 Å². The lowest BCUT2D eigenvalue weighted by Crippen LogP contribution is -2.56. The molecule has 0 saturated heterocycles. The Hall–Kier alpha value is 0.250. The highest BCUT2D eigenvalue weighted by molar-refractivity contribution is 6.24. The summed E-state index contributed by atoms with van der Waals surface area (Å²) in [6.07, 6.45) is 6.56. The Labute approximate surface area is 78.1 Å². The number of rotatable bonds is 0. The fourth-order valence-electron chi connectivity index (χ4n) is 4.10. The van der Waals surface area contributed by atoms with E-state index < -0.39 is 0 Å². The first kappa shape index (κ1) is 7.64. The van der Waals surface area contributed by atoms with E-state index in [4.69, 9.17) is 11.6 Å². The fraction of sp³-hybridized carbons (Fsp3) is 1.00. The molecule has 0 unspecified atom stereocenters. The van der Waals surface area contributed by atoms with Gasteiger partial charge in [0.05, 0.1) is 5.60 Å². The predicted molar refractivity (Wildman–Crippen MR) is 48.2 cm³/mol. The van der Waals surface area contributed by atoms with Gasteiger partial charge in [-0.1, -0.05) is 0 Å². The van der Waals surface area contributed by atoms with E-state index in [-0.39, 0.29) is 10.5 Å². The second-order valence-electron chi connectivity index (χ2n) is 5.34. The smallest absolute Gasteiger partial charge is 0.0669 e. The highest BCUT2D eigenvalue weighted by Gasteiger charge is 2.56. The molecule has 0 spiro atoms. The van der Waals surface area contributed by atoms with E-state index in [1.54, 1.807) is 0 Å². The Morgan fingerprint density at radius 1 is 1.08 bits per heavy atom. The van der Waals surface area contributed by atoms with Crippen LogP contribution in [0.3, 0.4) is 0 Å². The minimum absolute atomic E-state index is 0.0150. The maximum absolute atomic E-state index is 10.2. The Morgan fingerprint density at radius 2 is 1.67 bits per heavy atom. The second kappa shape index (κ2) is 2.01. The van der Waals surface area contributed by atoms with Gasteiger partial charge in [-0.15, -0.1) is 11.6 Å². The quantitative estimate of drug-likeness (QED) is 0.576. The average Bonchev–Trinajstić information content (AvgIpc) is 1.75. The lowest BCUT2D eigenvalue weighted by Gasteiger charge is -2.57. The molecule has 2 heteroatoms. The van der Waals surface area contributed by atoms with Gasteiger partial charge in [-0.3, -0.25) is 0 Å². The molecule has 4 aliphatic rings. The van der Waals surface area contributed by atoms with Gasteiger partial charge >= 0.3 is 0 Å². The van der Waals surface area contributed by atoms with Crippen LogP contribution in [0.25, 0.3) is 0 Å². The van der Waals surface area contributed by atoms with Crippen molar-refractivity contribution < 1.29 is 5.11 Å². The van der Waals surface area contributed by atoms with Crippen molar-refractivity contribution in [2.75, 3.05) is 0 Å². The largest absolute Gasteiger partial charge is 0.390 e. The Balaban J connectivity index is 1.98. The molecule has 4 bridgehead atoms. The van der Waals surface area contributed by atoms with E-state index in [1.165, 1.54) is 6.42 Å². The van der Waals surface area contributed by atoms with E-state index in [0.717, 1.165) is 43.9 Å². The SMILES string of the molecule is OC12C[C@@H]3C[C@@H](C1)CC(Cl)(C3)C2. The first-order valence-electron chi connectivity index (χ1n) is 4.98. The second-order valence-corrected chi connectivity index (χ2v) is 6.14.